The van der Waals surface area contributed by atoms with Crippen LogP contribution in [0.5, 0.6) is 0 Å². The van der Waals surface area contributed by atoms with Gasteiger partial charge in [-0.05, 0) is 38.0 Å². The first kappa shape index (κ1) is 13.9. The third-order valence-corrected chi connectivity index (χ3v) is 3.80. The van der Waals surface area contributed by atoms with Gasteiger partial charge in [0.1, 0.15) is 0 Å². The summed E-state index contributed by atoms with van der Waals surface area (Å²) in [5, 5.41) is 0. The number of para-hydroxylation sites is 1. The summed E-state index contributed by atoms with van der Waals surface area (Å²) in [6.07, 6.45) is -1.86. The van der Waals surface area contributed by atoms with Crippen molar-refractivity contribution in [1.29, 1.82) is 0 Å². The number of alkyl halides is 3. The highest BCUT2D eigenvalue weighted by molar-refractivity contribution is 5.78. The Morgan fingerprint density at radius 1 is 1.24 bits per heavy atom. The average molecular weight is 293 g/mol. The van der Waals surface area contributed by atoms with Gasteiger partial charge < -0.3 is 4.57 Å². The van der Waals surface area contributed by atoms with Gasteiger partial charge in [-0.15, -0.1) is 0 Å². The molecular formula is C16H14F3NO. The number of nitrogens with zero attached hydrogens (tertiary/aromatic N) is 1. The van der Waals surface area contributed by atoms with E-state index in [-0.39, 0.29) is 11.6 Å². The van der Waals surface area contributed by atoms with Crippen molar-refractivity contribution in [2.45, 2.75) is 31.9 Å². The van der Waals surface area contributed by atoms with E-state index in [1.807, 2.05) is 0 Å². The minimum absolute atomic E-state index is 0.0949. The summed E-state index contributed by atoms with van der Waals surface area (Å²) >= 11 is 0. The summed E-state index contributed by atoms with van der Waals surface area (Å²) in [6, 6.07) is 7.15. The maximum atomic E-state index is 13.2. The molecule has 1 fully saturated rings. The second-order valence-electron chi connectivity index (χ2n) is 5.37. The normalized spacial score (nSPS) is 15.2. The van der Waals surface area contributed by atoms with Crippen LogP contribution in [-0.4, -0.2) is 10.9 Å². The largest absolute Gasteiger partial charge is 0.418 e. The summed E-state index contributed by atoms with van der Waals surface area (Å²) in [6.45, 7) is 1.73. The van der Waals surface area contributed by atoms with E-state index >= 15 is 0 Å². The zero-order valence-electron chi connectivity index (χ0n) is 11.4. The Bertz CT molecular complexity index is 696. The summed E-state index contributed by atoms with van der Waals surface area (Å²) in [4.78, 5) is 11.2. The molecule has 0 saturated heterocycles. The standard InChI is InChI=1S/C16H14F3NO/c1-10-8-12(9-21)15(11-6-7-11)20(10)14-5-3-2-4-13(14)16(17,18)19/h2-5,8-9,11H,6-7H2,1H3. The van der Waals surface area contributed by atoms with Crippen molar-refractivity contribution >= 4 is 6.29 Å². The number of aromatic nitrogens is 1. The molecule has 1 aliphatic rings. The number of halogens is 3. The summed E-state index contributed by atoms with van der Waals surface area (Å²) in [7, 11) is 0. The van der Waals surface area contributed by atoms with Crippen LogP contribution in [0.4, 0.5) is 13.2 Å². The van der Waals surface area contributed by atoms with Gasteiger partial charge in [0.2, 0.25) is 0 Å². The van der Waals surface area contributed by atoms with Crippen molar-refractivity contribution in [2.24, 2.45) is 0 Å². The molecule has 2 nitrogen and oxygen atoms in total. The van der Waals surface area contributed by atoms with E-state index in [0.29, 0.717) is 17.0 Å². The number of hydrogen-bond acceptors (Lipinski definition) is 1. The van der Waals surface area contributed by atoms with Crippen LogP contribution in [0.2, 0.25) is 0 Å². The van der Waals surface area contributed by atoms with E-state index in [0.717, 1.165) is 25.2 Å². The first-order chi connectivity index (χ1) is 9.93. The van der Waals surface area contributed by atoms with Crippen LogP contribution in [-0.2, 0) is 6.18 Å². The molecule has 0 radical (unpaired) electrons. The van der Waals surface area contributed by atoms with Crippen LogP contribution in [0.15, 0.2) is 30.3 Å². The topological polar surface area (TPSA) is 22.0 Å². The number of aryl methyl sites for hydroxylation is 1. The van der Waals surface area contributed by atoms with Crippen molar-refractivity contribution in [3.8, 4) is 5.69 Å². The lowest BCUT2D eigenvalue weighted by Gasteiger charge is -2.18. The van der Waals surface area contributed by atoms with E-state index in [1.54, 1.807) is 23.6 Å². The van der Waals surface area contributed by atoms with Gasteiger partial charge in [-0.1, -0.05) is 12.1 Å². The van der Waals surface area contributed by atoms with Gasteiger partial charge in [-0.2, -0.15) is 13.2 Å². The fourth-order valence-electron chi connectivity index (χ4n) is 2.78. The minimum Gasteiger partial charge on any atom is -0.317 e. The summed E-state index contributed by atoms with van der Waals surface area (Å²) in [5.74, 6) is 0.181. The molecule has 0 bridgehead atoms. The molecule has 1 heterocycles. The molecule has 5 heteroatoms. The lowest BCUT2D eigenvalue weighted by atomic mass is 10.1. The summed E-state index contributed by atoms with van der Waals surface area (Å²) < 4.78 is 41.2. The van der Waals surface area contributed by atoms with E-state index in [9.17, 15) is 18.0 Å². The number of rotatable bonds is 3. The molecule has 3 rings (SSSR count). The number of benzene rings is 1. The van der Waals surface area contributed by atoms with Crippen molar-refractivity contribution in [1.82, 2.24) is 4.57 Å². The highest BCUT2D eigenvalue weighted by Gasteiger charge is 2.36. The van der Waals surface area contributed by atoms with Crippen LogP contribution < -0.4 is 0 Å². The van der Waals surface area contributed by atoms with Crippen molar-refractivity contribution < 1.29 is 18.0 Å². The smallest absolute Gasteiger partial charge is 0.317 e. The van der Waals surface area contributed by atoms with Crippen LogP contribution in [0.1, 0.15) is 46.1 Å². The fourth-order valence-corrected chi connectivity index (χ4v) is 2.78. The van der Waals surface area contributed by atoms with Gasteiger partial charge >= 0.3 is 6.18 Å². The van der Waals surface area contributed by atoms with Crippen molar-refractivity contribution in [3.05, 3.63) is 52.8 Å². The van der Waals surface area contributed by atoms with E-state index in [1.165, 1.54) is 12.1 Å². The van der Waals surface area contributed by atoms with Crippen LogP contribution in [0, 0.1) is 6.92 Å². The fraction of sp³-hybridized carbons (Fsp3) is 0.312. The van der Waals surface area contributed by atoms with Gasteiger partial charge in [0.15, 0.2) is 6.29 Å². The molecule has 0 aliphatic heterocycles. The Labute approximate surface area is 120 Å². The first-order valence-electron chi connectivity index (χ1n) is 6.77. The molecule has 0 amide bonds. The molecule has 21 heavy (non-hydrogen) atoms. The average Bonchev–Trinajstić information content (AvgIpc) is 3.21. The maximum absolute atomic E-state index is 13.2. The first-order valence-corrected chi connectivity index (χ1v) is 6.77. The molecule has 2 aromatic rings. The monoisotopic (exact) mass is 293 g/mol. The van der Waals surface area contributed by atoms with E-state index in [4.69, 9.17) is 0 Å². The molecule has 0 unspecified atom stereocenters. The van der Waals surface area contributed by atoms with Gasteiger partial charge in [0.05, 0.1) is 11.3 Å². The maximum Gasteiger partial charge on any atom is 0.418 e. The second-order valence-corrected chi connectivity index (χ2v) is 5.37. The van der Waals surface area contributed by atoms with Gasteiger partial charge in [-0.25, -0.2) is 0 Å². The Balaban J connectivity index is 2.27. The zero-order valence-corrected chi connectivity index (χ0v) is 11.4. The van der Waals surface area contributed by atoms with Crippen molar-refractivity contribution in [3.63, 3.8) is 0 Å². The SMILES string of the molecule is Cc1cc(C=O)c(C2CC2)n1-c1ccccc1C(F)(F)F. The third kappa shape index (κ3) is 2.37. The van der Waals surface area contributed by atoms with Crippen molar-refractivity contribution in [2.75, 3.05) is 0 Å². The Hall–Kier alpha value is -2.04. The summed E-state index contributed by atoms with van der Waals surface area (Å²) in [5.41, 5.74) is 1.27. The van der Waals surface area contributed by atoms with Gasteiger partial charge in [0, 0.05) is 22.9 Å². The third-order valence-electron chi connectivity index (χ3n) is 3.80. The van der Waals surface area contributed by atoms with Crippen LogP contribution >= 0.6 is 0 Å². The lowest BCUT2D eigenvalue weighted by Crippen LogP contribution is -2.13. The zero-order chi connectivity index (χ0) is 15.2. The lowest BCUT2D eigenvalue weighted by molar-refractivity contribution is -0.137. The minimum atomic E-state index is -4.42. The molecule has 1 aromatic carbocycles. The number of hydrogen-bond donors (Lipinski definition) is 0. The number of carbonyl (C=O) groups is 1. The highest BCUT2D eigenvalue weighted by atomic mass is 19.4. The molecule has 0 N–H and O–H groups in total. The van der Waals surface area contributed by atoms with Crippen LogP contribution in [0.25, 0.3) is 5.69 Å². The Morgan fingerprint density at radius 3 is 2.48 bits per heavy atom. The second kappa shape index (κ2) is 4.76. The van der Waals surface area contributed by atoms with E-state index in [2.05, 4.69) is 0 Å². The molecule has 0 atom stereocenters. The predicted octanol–water partition coefficient (Wildman–Crippen LogP) is 4.49. The van der Waals surface area contributed by atoms with Crippen LogP contribution in [0.3, 0.4) is 0 Å². The number of aldehydes is 1. The molecule has 1 saturated carbocycles. The Morgan fingerprint density at radius 2 is 1.90 bits per heavy atom. The quantitative estimate of drug-likeness (QED) is 0.764. The number of carbonyl (C=O) groups excluding carboxylic acids is 1. The molecule has 1 aromatic heterocycles. The highest BCUT2D eigenvalue weighted by Crippen LogP contribution is 2.45. The van der Waals surface area contributed by atoms with Gasteiger partial charge in [0.25, 0.3) is 0 Å². The Kier molecular flexibility index (Phi) is 3.15. The van der Waals surface area contributed by atoms with Gasteiger partial charge in [-0.3, -0.25) is 4.79 Å². The van der Waals surface area contributed by atoms with E-state index < -0.39 is 11.7 Å². The molecule has 1 aliphatic carbocycles. The predicted molar refractivity (Wildman–Crippen MR) is 72.9 cm³/mol. The molecule has 0 spiro atoms. The molecule has 110 valence electrons. The molecular weight excluding hydrogens is 279 g/mol.